The fourth-order valence-corrected chi connectivity index (χ4v) is 3.81. The molecule has 0 aliphatic carbocycles. The van der Waals surface area contributed by atoms with Gasteiger partial charge in [0.25, 0.3) is 5.91 Å². The fourth-order valence-electron chi connectivity index (χ4n) is 3.81. The molecule has 8 nitrogen and oxygen atoms in total. The van der Waals surface area contributed by atoms with Gasteiger partial charge >= 0.3 is 0 Å². The molecule has 4 aromatic rings. The Morgan fingerprint density at radius 3 is 2.44 bits per heavy atom. The number of para-hydroxylation sites is 1. The van der Waals surface area contributed by atoms with Crippen molar-refractivity contribution in [2.75, 3.05) is 0 Å². The second-order valence-electron chi connectivity index (χ2n) is 8.11. The molecule has 2 aromatic carbocycles. The first-order valence-electron chi connectivity index (χ1n) is 11.1. The largest absolute Gasteiger partial charge is 0.489 e. The quantitative estimate of drug-likeness (QED) is 0.401. The zero-order chi connectivity index (χ0) is 24.1. The number of amides is 2. The van der Waals surface area contributed by atoms with Gasteiger partial charge in [0, 0.05) is 24.4 Å². The summed E-state index contributed by atoms with van der Waals surface area (Å²) in [5.74, 6) is 0.221. The lowest BCUT2D eigenvalue weighted by Gasteiger charge is -2.12. The molecule has 0 bridgehead atoms. The molecule has 34 heavy (non-hydrogen) atoms. The second-order valence-corrected chi connectivity index (χ2v) is 8.11. The minimum absolute atomic E-state index is 0.0475. The van der Waals surface area contributed by atoms with Crippen LogP contribution in [0.15, 0.2) is 60.8 Å². The topological polar surface area (TPSA) is 112 Å². The van der Waals surface area contributed by atoms with E-state index in [-0.39, 0.29) is 11.5 Å². The van der Waals surface area contributed by atoms with Crippen LogP contribution in [0.1, 0.15) is 44.9 Å². The van der Waals surface area contributed by atoms with Crippen LogP contribution < -0.4 is 15.8 Å². The maximum Gasteiger partial charge on any atom is 0.254 e. The average Bonchev–Trinajstić information content (AvgIpc) is 3.27. The molecule has 0 radical (unpaired) electrons. The highest BCUT2D eigenvalue weighted by Crippen LogP contribution is 2.18. The van der Waals surface area contributed by atoms with Gasteiger partial charge in [-0.05, 0) is 49.1 Å². The number of nitrogens with one attached hydrogen (secondary N) is 1. The number of fused-ring (bicyclic) bond motifs is 1. The van der Waals surface area contributed by atoms with Crippen molar-refractivity contribution >= 4 is 17.5 Å². The number of aryl methyl sites for hydroxylation is 2. The Balaban J connectivity index is 1.30. The third kappa shape index (κ3) is 5.23. The number of ether oxygens (including phenoxy) is 1. The molecule has 0 spiro atoms. The number of carbonyl (C=O) groups is 2. The zero-order valence-electron chi connectivity index (χ0n) is 19.2. The molecule has 0 aliphatic heterocycles. The van der Waals surface area contributed by atoms with Crippen molar-refractivity contribution in [2.45, 2.75) is 39.8 Å². The van der Waals surface area contributed by atoms with Crippen LogP contribution in [0.2, 0.25) is 0 Å². The number of carbonyl (C=O) groups excluding carboxylic acids is 2. The highest BCUT2D eigenvalue weighted by molar-refractivity contribution is 5.98. The van der Waals surface area contributed by atoms with Crippen LogP contribution in [0.25, 0.3) is 5.65 Å². The van der Waals surface area contributed by atoms with Gasteiger partial charge in [0.05, 0.1) is 6.20 Å². The van der Waals surface area contributed by atoms with E-state index >= 15 is 0 Å². The average molecular weight is 458 g/mol. The molecule has 0 unspecified atom stereocenters. The summed E-state index contributed by atoms with van der Waals surface area (Å²) in [5, 5.41) is 7.19. The molecule has 2 aromatic heterocycles. The van der Waals surface area contributed by atoms with Crippen molar-refractivity contribution in [3.63, 3.8) is 0 Å². The highest BCUT2D eigenvalue weighted by Gasteiger charge is 2.17. The molecule has 0 aliphatic rings. The predicted molar refractivity (Wildman–Crippen MR) is 128 cm³/mol. The molecule has 174 valence electrons. The number of nitrogens with zero attached hydrogens (tertiary/aromatic N) is 3. The number of hydrogen-bond donors (Lipinski definition) is 2. The Morgan fingerprint density at radius 2 is 1.74 bits per heavy atom. The van der Waals surface area contributed by atoms with Gasteiger partial charge in [0.15, 0.2) is 5.65 Å². The van der Waals surface area contributed by atoms with Crippen LogP contribution in [0.5, 0.6) is 5.75 Å². The van der Waals surface area contributed by atoms with E-state index in [4.69, 9.17) is 10.5 Å². The lowest BCUT2D eigenvalue weighted by atomic mass is 10.1. The molecule has 0 fully saturated rings. The number of benzene rings is 2. The van der Waals surface area contributed by atoms with Gasteiger partial charge < -0.3 is 15.8 Å². The minimum atomic E-state index is -0.565. The van der Waals surface area contributed by atoms with Crippen molar-refractivity contribution in [1.29, 1.82) is 0 Å². The molecule has 0 atom stereocenters. The molecular formula is C26H27N5O3. The van der Waals surface area contributed by atoms with Crippen molar-refractivity contribution in [2.24, 2.45) is 5.73 Å². The summed E-state index contributed by atoms with van der Waals surface area (Å²) >= 11 is 0. The lowest BCUT2D eigenvalue weighted by molar-refractivity contribution is -0.121. The van der Waals surface area contributed by atoms with Gasteiger partial charge in [-0.3, -0.25) is 9.59 Å². The smallest absolute Gasteiger partial charge is 0.254 e. The lowest BCUT2D eigenvalue weighted by Crippen LogP contribution is -2.23. The van der Waals surface area contributed by atoms with Crippen LogP contribution in [-0.2, 0) is 24.4 Å². The van der Waals surface area contributed by atoms with E-state index in [9.17, 15) is 9.59 Å². The Kier molecular flexibility index (Phi) is 6.87. The van der Waals surface area contributed by atoms with E-state index in [1.54, 1.807) is 4.52 Å². The molecule has 0 saturated carbocycles. The van der Waals surface area contributed by atoms with E-state index in [2.05, 4.69) is 15.4 Å². The SMILES string of the molecule is Cc1nc2c(C(N)=O)cnn2c(C)c1CCC(=O)NCc1ccc(COc2ccccc2)cc1. The van der Waals surface area contributed by atoms with E-state index in [0.29, 0.717) is 31.6 Å². The van der Waals surface area contributed by atoms with Gasteiger partial charge in [-0.25, -0.2) is 9.50 Å². The molecule has 0 saturated heterocycles. The number of nitrogens with two attached hydrogens (primary N) is 1. The second kappa shape index (κ2) is 10.2. The first-order chi connectivity index (χ1) is 16.4. The normalized spacial score (nSPS) is 10.9. The molecule has 2 heterocycles. The number of aromatic nitrogens is 3. The van der Waals surface area contributed by atoms with E-state index in [1.165, 1.54) is 6.20 Å². The van der Waals surface area contributed by atoms with Gasteiger partial charge in [0.2, 0.25) is 5.91 Å². The van der Waals surface area contributed by atoms with Crippen LogP contribution in [0.3, 0.4) is 0 Å². The summed E-state index contributed by atoms with van der Waals surface area (Å²) in [6, 6.07) is 17.7. The summed E-state index contributed by atoms with van der Waals surface area (Å²) in [5.41, 5.74) is 10.7. The van der Waals surface area contributed by atoms with Crippen molar-refractivity contribution in [3.8, 4) is 5.75 Å². The molecular weight excluding hydrogens is 430 g/mol. The summed E-state index contributed by atoms with van der Waals surface area (Å²) < 4.78 is 7.36. The molecule has 4 rings (SSSR count). The van der Waals surface area contributed by atoms with Gasteiger partial charge in [-0.2, -0.15) is 5.10 Å². The number of primary amides is 1. The molecule has 8 heteroatoms. The summed E-state index contributed by atoms with van der Waals surface area (Å²) in [6.07, 6.45) is 2.27. The third-order valence-corrected chi connectivity index (χ3v) is 5.74. The Hall–Kier alpha value is -4.20. The zero-order valence-corrected chi connectivity index (χ0v) is 19.2. The van der Waals surface area contributed by atoms with Crippen LogP contribution in [0.4, 0.5) is 0 Å². The summed E-state index contributed by atoms with van der Waals surface area (Å²) in [6.45, 7) is 4.71. The Labute approximate surface area is 197 Å². The van der Waals surface area contributed by atoms with E-state index in [1.807, 2.05) is 68.4 Å². The van der Waals surface area contributed by atoms with Crippen molar-refractivity contribution < 1.29 is 14.3 Å². The minimum Gasteiger partial charge on any atom is -0.489 e. The predicted octanol–water partition coefficient (Wildman–Crippen LogP) is 3.27. The van der Waals surface area contributed by atoms with Crippen LogP contribution >= 0.6 is 0 Å². The monoisotopic (exact) mass is 457 g/mol. The summed E-state index contributed by atoms with van der Waals surface area (Å²) in [7, 11) is 0. The van der Waals surface area contributed by atoms with Gasteiger partial charge in [-0.15, -0.1) is 0 Å². The highest BCUT2D eigenvalue weighted by atomic mass is 16.5. The van der Waals surface area contributed by atoms with Gasteiger partial charge in [0.1, 0.15) is 17.9 Å². The molecule has 3 N–H and O–H groups in total. The Morgan fingerprint density at radius 1 is 1.03 bits per heavy atom. The van der Waals surface area contributed by atoms with E-state index < -0.39 is 5.91 Å². The number of rotatable bonds is 9. The van der Waals surface area contributed by atoms with Crippen LogP contribution in [-0.4, -0.2) is 26.4 Å². The fraction of sp³-hybridized carbons (Fsp3) is 0.231. The summed E-state index contributed by atoms with van der Waals surface area (Å²) in [4.78, 5) is 28.5. The molecule has 2 amide bonds. The Bertz CT molecular complexity index is 1310. The van der Waals surface area contributed by atoms with Crippen molar-refractivity contribution in [3.05, 3.63) is 94.4 Å². The first-order valence-corrected chi connectivity index (χ1v) is 11.1. The number of hydrogen-bond acceptors (Lipinski definition) is 5. The first kappa shape index (κ1) is 23.0. The third-order valence-electron chi connectivity index (χ3n) is 5.74. The van der Waals surface area contributed by atoms with Crippen LogP contribution in [0, 0.1) is 13.8 Å². The maximum atomic E-state index is 12.5. The standard InChI is InChI=1S/C26H27N5O3/c1-17-22(18(2)31-26(30-17)23(15-29-31)25(27)33)12-13-24(32)28-14-19-8-10-20(11-9-19)16-34-21-6-4-3-5-7-21/h3-11,15H,12-14,16H2,1-2H3,(H2,27,33)(H,28,32). The van der Waals surface area contributed by atoms with E-state index in [0.717, 1.165) is 33.8 Å². The maximum absolute atomic E-state index is 12.5. The van der Waals surface area contributed by atoms with Crippen molar-refractivity contribution in [1.82, 2.24) is 19.9 Å². The van der Waals surface area contributed by atoms with Gasteiger partial charge in [-0.1, -0.05) is 42.5 Å².